The maximum absolute atomic E-state index is 13.1. The lowest BCUT2D eigenvalue weighted by Gasteiger charge is -2.35. The Balaban J connectivity index is 2.44. The zero-order valence-electron chi connectivity index (χ0n) is 18.7. The van der Waals surface area contributed by atoms with Crippen molar-refractivity contribution in [2.45, 2.75) is 46.3 Å². The van der Waals surface area contributed by atoms with Crippen molar-refractivity contribution >= 4 is 23.4 Å². The molecule has 0 unspecified atom stereocenters. The minimum atomic E-state index is -0.222. The summed E-state index contributed by atoms with van der Waals surface area (Å²) in [4.78, 5) is 40.5. The van der Waals surface area contributed by atoms with Crippen molar-refractivity contribution in [2.24, 2.45) is 5.92 Å². The number of nitrogens with one attached hydrogen (secondary N) is 1. The smallest absolute Gasteiger partial charge is 0.257 e. The molecule has 0 saturated carbocycles. The van der Waals surface area contributed by atoms with E-state index in [0.29, 0.717) is 36.5 Å². The first-order valence-corrected chi connectivity index (χ1v) is 10.3. The van der Waals surface area contributed by atoms with Crippen LogP contribution in [0.3, 0.4) is 0 Å². The Kier molecular flexibility index (Phi) is 8.23. The Bertz CT molecular complexity index is 782. The zero-order valence-corrected chi connectivity index (χ0v) is 18.7. The lowest BCUT2D eigenvalue weighted by Crippen LogP contribution is -2.48. The number of carbonyl (C=O) groups excluding carboxylic acids is 3. The van der Waals surface area contributed by atoms with E-state index in [-0.39, 0.29) is 42.4 Å². The lowest BCUT2D eigenvalue weighted by atomic mass is 10.0. The summed E-state index contributed by atoms with van der Waals surface area (Å²) >= 11 is 0. The van der Waals surface area contributed by atoms with E-state index in [2.05, 4.69) is 5.32 Å². The molecule has 0 fully saturated rings. The van der Waals surface area contributed by atoms with E-state index >= 15 is 0 Å². The standard InChI is InChI=1S/C22H33N3O5/c1-7-21(27)23-17-8-9-18-19(10-17)30-13-15(3)25(16(4)26)11-14(2)20(29-6)12-24(5)22(18)28/h8-10,14-15,20H,7,11-13H2,1-6H3,(H,23,27)/t14-,15+,20-/m0/s1. The summed E-state index contributed by atoms with van der Waals surface area (Å²) < 4.78 is 11.6. The van der Waals surface area contributed by atoms with Crippen molar-refractivity contribution < 1.29 is 23.9 Å². The second kappa shape index (κ2) is 10.4. The number of carbonyl (C=O) groups is 3. The monoisotopic (exact) mass is 419 g/mol. The van der Waals surface area contributed by atoms with Gasteiger partial charge in [-0.05, 0) is 19.1 Å². The molecule has 0 spiro atoms. The Morgan fingerprint density at radius 1 is 1.27 bits per heavy atom. The van der Waals surface area contributed by atoms with Gasteiger partial charge in [0.1, 0.15) is 12.4 Å². The molecule has 8 nitrogen and oxygen atoms in total. The highest BCUT2D eigenvalue weighted by Gasteiger charge is 2.29. The number of benzene rings is 1. The number of amides is 3. The largest absolute Gasteiger partial charge is 0.491 e. The molecule has 1 aliphatic rings. The highest BCUT2D eigenvalue weighted by atomic mass is 16.5. The molecule has 30 heavy (non-hydrogen) atoms. The minimum Gasteiger partial charge on any atom is -0.491 e. The van der Waals surface area contributed by atoms with Crippen molar-refractivity contribution in [2.75, 3.05) is 39.2 Å². The summed E-state index contributed by atoms with van der Waals surface area (Å²) in [6, 6.07) is 4.80. The molecule has 0 radical (unpaired) electrons. The van der Waals surface area contributed by atoms with Gasteiger partial charge in [-0.1, -0.05) is 13.8 Å². The van der Waals surface area contributed by atoms with Crippen LogP contribution in [0.15, 0.2) is 18.2 Å². The van der Waals surface area contributed by atoms with Crippen LogP contribution in [-0.4, -0.2) is 73.5 Å². The van der Waals surface area contributed by atoms with Gasteiger partial charge in [0.05, 0.1) is 17.7 Å². The van der Waals surface area contributed by atoms with E-state index in [0.717, 1.165) is 0 Å². The fourth-order valence-corrected chi connectivity index (χ4v) is 3.54. The van der Waals surface area contributed by atoms with Gasteiger partial charge < -0.3 is 24.6 Å². The first-order valence-electron chi connectivity index (χ1n) is 10.3. The number of nitrogens with zero attached hydrogens (tertiary/aromatic N) is 2. The number of rotatable bonds is 3. The molecule has 3 atom stereocenters. The third kappa shape index (κ3) is 5.72. The summed E-state index contributed by atoms with van der Waals surface area (Å²) in [7, 11) is 3.33. The second-order valence-electron chi connectivity index (χ2n) is 7.88. The van der Waals surface area contributed by atoms with Crippen LogP contribution < -0.4 is 10.1 Å². The molecule has 1 aromatic carbocycles. The van der Waals surface area contributed by atoms with E-state index in [4.69, 9.17) is 9.47 Å². The molecule has 166 valence electrons. The Labute approximate surface area is 178 Å². The van der Waals surface area contributed by atoms with Crippen LogP contribution in [-0.2, 0) is 14.3 Å². The molecular weight excluding hydrogens is 386 g/mol. The van der Waals surface area contributed by atoms with Gasteiger partial charge in [-0.15, -0.1) is 0 Å². The van der Waals surface area contributed by atoms with Crippen LogP contribution in [0.25, 0.3) is 0 Å². The number of fused-ring (bicyclic) bond motifs is 1. The summed E-state index contributed by atoms with van der Waals surface area (Å²) in [5.74, 6) is 0.0446. The lowest BCUT2D eigenvalue weighted by molar-refractivity contribution is -0.133. The minimum absolute atomic E-state index is 0.0297. The SMILES string of the molecule is CCC(=O)Nc1ccc2c(c1)OC[C@@H](C)N(C(C)=O)C[C@H](C)[C@@H](OC)CN(C)C2=O. The van der Waals surface area contributed by atoms with E-state index in [1.54, 1.807) is 56.0 Å². The van der Waals surface area contributed by atoms with E-state index < -0.39 is 0 Å². The summed E-state index contributed by atoms with van der Waals surface area (Å²) in [5.41, 5.74) is 0.958. The summed E-state index contributed by atoms with van der Waals surface area (Å²) in [6.07, 6.45) is 0.126. The molecular formula is C22H33N3O5. The van der Waals surface area contributed by atoms with Crippen molar-refractivity contribution in [3.05, 3.63) is 23.8 Å². The molecule has 2 rings (SSSR count). The molecule has 0 aromatic heterocycles. The molecule has 3 amide bonds. The molecule has 0 aliphatic carbocycles. The maximum Gasteiger partial charge on any atom is 0.257 e. The van der Waals surface area contributed by atoms with E-state index in [1.165, 1.54) is 0 Å². The highest BCUT2D eigenvalue weighted by molar-refractivity contribution is 5.98. The van der Waals surface area contributed by atoms with Gasteiger partial charge >= 0.3 is 0 Å². The van der Waals surface area contributed by atoms with Gasteiger partial charge in [0.15, 0.2) is 0 Å². The van der Waals surface area contributed by atoms with E-state index in [1.807, 2.05) is 13.8 Å². The van der Waals surface area contributed by atoms with Crippen LogP contribution in [0.5, 0.6) is 5.75 Å². The molecule has 1 heterocycles. The van der Waals surface area contributed by atoms with Crippen molar-refractivity contribution in [1.82, 2.24) is 9.80 Å². The van der Waals surface area contributed by atoms with E-state index in [9.17, 15) is 14.4 Å². The highest BCUT2D eigenvalue weighted by Crippen LogP contribution is 2.27. The molecule has 0 bridgehead atoms. The van der Waals surface area contributed by atoms with Gasteiger partial charge in [0.2, 0.25) is 11.8 Å². The molecule has 1 N–H and O–H groups in total. The number of hydrogen-bond acceptors (Lipinski definition) is 5. The van der Waals surface area contributed by atoms with Crippen LogP contribution in [0.2, 0.25) is 0 Å². The maximum atomic E-state index is 13.1. The predicted octanol–water partition coefficient (Wildman–Crippen LogP) is 2.39. The molecule has 0 saturated heterocycles. The first kappa shape index (κ1) is 23.7. The van der Waals surface area contributed by atoms with Gasteiger partial charge in [0, 0.05) is 58.3 Å². The third-order valence-corrected chi connectivity index (χ3v) is 5.46. The molecule has 8 heteroatoms. The van der Waals surface area contributed by atoms with Gasteiger partial charge in [-0.3, -0.25) is 14.4 Å². The average molecular weight is 420 g/mol. The Morgan fingerprint density at radius 3 is 2.57 bits per heavy atom. The van der Waals surface area contributed by atoms with Gasteiger partial charge in [0.25, 0.3) is 5.91 Å². The average Bonchev–Trinajstić information content (AvgIpc) is 2.72. The van der Waals surface area contributed by atoms with Crippen LogP contribution in [0.1, 0.15) is 44.5 Å². The van der Waals surface area contributed by atoms with Crippen LogP contribution in [0, 0.1) is 5.92 Å². The third-order valence-electron chi connectivity index (χ3n) is 5.46. The fraction of sp³-hybridized carbons (Fsp3) is 0.591. The van der Waals surface area contributed by atoms with Crippen molar-refractivity contribution in [1.29, 1.82) is 0 Å². The van der Waals surface area contributed by atoms with Gasteiger partial charge in [-0.2, -0.15) is 0 Å². The van der Waals surface area contributed by atoms with Crippen LogP contribution >= 0.6 is 0 Å². The predicted molar refractivity (Wildman–Crippen MR) is 115 cm³/mol. The number of hydrogen-bond donors (Lipinski definition) is 1. The Hall–Kier alpha value is -2.61. The normalized spacial score (nSPS) is 23.0. The number of anilines is 1. The van der Waals surface area contributed by atoms with Gasteiger partial charge in [-0.25, -0.2) is 0 Å². The zero-order chi connectivity index (χ0) is 22.4. The Morgan fingerprint density at radius 2 is 1.97 bits per heavy atom. The second-order valence-corrected chi connectivity index (χ2v) is 7.88. The summed E-state index contributed by atoms with van der Waals surface area (Å²) in [6.45, 7) is 8.34. The van der Waals surface area contributed by atoms with Crippen molar-refractivity contribution in [3.8, 4) is 5.75 Å². The quantitative estimate of drug-likeness (QED) is 0.813. The molecule has 1 aromatic rings. The number of ether oxygens (including phenoxy) is 2. The fourth-order valence-electron chi connectivity index (χ4n) is 3.54. The first-order chi connectivity index (χ1) is 14.2. The summed E-state index contributed by atoms with van der Waals surface area (Å²) in [5, 5.41) is 2.79. The van der Waals surface area contributed by atoms with Crippen LogP contribution in [0.4, 0.5) is 5.69 Å². The topological polar surface area (TPSA) is 88.2 Å². The molecule has 1 aliphatic heterocycles. The van der Waals surface area contributed by atoms with Crippen molar-refractivity contribution in [3.63, 3.8) is 0 Å². The number of methoxy groups -OCH3 is 1. The number of likely N-dealkylation sites (N-methyl/N-ethyl adjacent to an activating group) is 1.